The molecule has 0 aliphatic carbocycles. The molecule has 4 nitrogen and oxygen atoms in total. The fourth-order valence-electron chi connectivity index (χ4n) is 2.10. The Bertz CT molecular complexity index is 280. The molecular formula is C14H24O4. The van der Waals surface area contributed by atoms with Crippen molar-refractivity contribution in [2.75, 3.05) is 19.8 Å². The van der Waals surface area contributed by atoms with E-state index in [2.05, 4.69) is 0 Å². The zero-order valence-corrected chi connectivity index (χ0v) is 11.6. The number of carbonyl (C=O) groups excluding carboxylic acids is 2. The third-order valence-electron chi connectivity index (χ3n) is 3.22. The van der Waals surface area contributed by atoms with Gasteiger partial charge in [0.25, 0.3) is 0 Å². The average molecular weight is 256 g/mol. The van der Waals surface area contributed by atoms with Crippen molar-refractivity contribution in [2.24, 2.45) is 17.8 Å². The predicted molar refractivity (Wildman–Crippen MR) is 68.1 cm³/mol. The van der Waals surface area contributed by atoms with Crippen LogP contribution in [0.25, 0.3) is 0 Å². The molecule has 0 aromatic carbocycles. The van der Waals surface area contributed by atoms with Gasteiger partial charge >= 0.3 is 5.97 Å². The molecule has 1 heterocycles. The number of hydrogen-bond acceptors (Lipinski definition) is 4. The van der Waals surface area contributed by atoms with Crippen molar-refractivity contribution in [2.45, 2.75) is 40.0 Å². The van der Waals surface area contributed by atoms with E-state index in [1.54, 1.807) is 0 Å². The van der Waals surface area contributed by atoms with Crippen molar-refractivity contribution in [3.63, 3.8) is 0 Å². The van der Waals surface area contributed by atoms with Crippen LogP contribution in [-0.4, -0.2) is 31.6 Å². The second-order valence-corrected chi connectivity index (χ2v) is 5.27. The Morgan fingerprint density at radius 3 is 2.39 bits per heavy atom. The highest BCUT2D eigenvalue weighted by molar-refractivity contribution is 6.00. The summed E-state index contributed by atoms with van der Waals surface area (Å²) in [4.78, 5) is 24.1. The number of esters is 1. The molecule has 1 fully saturated rings. The Balaban J connectivity index is 2.52. The van der Waals surface area contributed by atoms with E-state index < -0.39 is 5.92 Å². The first-order chi connectivity index (χ1) is 8.56. The molecule has 0 bridgehead atoms. The van der Waals surface area contributed by atoms with Crippen LogP contribution in [0, 0.1) is 17.8 Å². The Morgan fingerprint density at radius 2 is 1.89 bits per heavy atom. The van der Waals surface area contributed by atoms with E-state index >= 15 is 0 Å². The zero-order valence-electron chi connectivity index (χ0n) is 11.6. The summed E-state index contributed by atoms with van der Waals surface area (Å²) in [5, 5.41) is 0. The monoisotopic (exact) mass is 256 g/mol. The first-order valence-corrected chi connectivity index (χ1v) is 6.84. The molecule has 18 heavy (non-hydrogen) atoms. The Labute approximate surface area is 109 Å². The van der Waals surface area contributed by atoms with Crippen LogP contribution in [0.2, 0.25) is 0 Å². The lowest BCUT2D eigenvalue weighted by molar-refractivity contribution is -0.154. The van der Waals surface area contributed by atoms with Gasteiger partial charge in [0.1, 0.15) is 11.7 Å². The van der Waals surface area contributed by atoms with Gasteiger partial charge in [-0.2, -0.15) is 0 Å². The molecule has 0 N–H and O–H groups in total. The van der Waals surface area contributed by atoms with Crippen molar-refractivity contribution >= 4 is 11.8 Å². The quantitative estimate of drug-likeness (QED) is 0.540. The minimum atomic E-state index is -0.591. The normalized spacial score (nSPS) is 18.7. The third-order valence-corrected chi connectivity index (χ3v) is 3.22. The van der Waals surface area contributed by atoms with Crippen LogP contribution in [0.4, 0.5) is 0 Å². The molecule has 0 aromatic rings. The fraction of sp³-hybridized carbons (Fsp3) is 0.857. The van der Waals surface area contributed by atoms with Crippen molar-refractivity contribution < 1.29 is 19.1 Å². The molecule has 0 saturated carbocycles. The topological polar surface area (TPSA) is 52.6 Å². The van der Waals surface area contributed by atoms with Crippen LogP contribution < -0.4 is 0 Å². The molecule has 0 aromatic heterocycles. The molecule has 1 aliphatic rings. The summed E-state index contributed by atoms with van der Waals surface area (Å²) in [5.74, 6) is -0.649. The summed E-state index contributed by atoms with van der Waals surface area (Å²) in [6.45, 7) is 7.44. The molecule has 104 valence electrons. The van der Waals surface area contributed by atoms with E-state index in [9.17, 15) is 9.59 Å². The van der Waals surface area contributed by atoms with E-state index in [-0.39, 0.29) is 17.7 Å². The maximum Gasteiger partial charge on any atom is 0.316 e. The highest BCUT2D eigenvalue weighted by Crippen LogP contribution is 2.22. The summed E-state index contributed by atoms with van der Waals surface area (Å²) < 4.78 is 10.4. The lowest BCUT2D eigenvalue weighted by Gasteiger charge is -2.24. The molecule has 0 spiro atoms. The lowest BCUT2D eigenvalue weighted by atomic mass is 9.86. The van der Waals surface area contributed by atoms with Gasteiger partial charge in [0.2, 0.25) is 0 Å². The van der Waals surface area contributed by atoms with Crippen LogP contribution in [-0.2, 0) is 19.1 Å². The van der Waals surface area contributed by atoms with Gasteiger partial charge in [-0.15, -0.1) is 0 Å². The molecule has 4 heteroatoms. The van der Waals surface area contributed by atoms with Gasteiger partial charge in [0, 0.05) is 19.1 Å². The van der Waals surface area contributed by atoms with Crippen LogP contribution in [0.3, 0.4) is 0 Å². The van der Waals surface area contributed by atoms with E-state index in [0.29, 0.717) is 32.2 Å². The van der Waals surface area contributed by atoms with Crippen LogP contribution >= 0.6 is 0 Å². The predicted octanol–water partition coefficient (Wildman–Crippen LogP) is 2.21. The summed E-state index contributed by atoms with van der Waals surface area (Å²) in [6.07, 6.45) is 1.98. The Morgan fingerprint density at radius 1 is 1.28 bits per heavy atom. The van der Waals surface area contributed by atoms with Crippen molar-refractivity contribution in [3.05, 3.63) is 0 Å². The number of hydrogen-bond donors (Lipinski definition) is 0. The number of rotatable bonds is 6. The highest BCUT2D eigenvalue weighted by Gasteiger charge is 2.33. The largest absolute Gasteiger partial charge is 0.465 e. The van der Waals surface area contributed by atoms with Crippen LogP contribution in [0.15, 0.2) is 0 Å². The molecule has 1 unspecified atom stereocenters. The SMILES string of the molecule is CCC(C(=O)OCC(C)C)C(=O)C1CCOCC1. The van der Waals surface area contributed by atoms with Gasteiger partial charge < -0.3 is 9.47 Å². The molecular weight excluding hydrogens is 232 g/mol. The molecule has 1 rings (SSSR count). The van der Waals surface area contributed by atoms with Crippen LogP contribution in [0.5, 0.6) is 0 Å². The summed E-state index contributed by atoms with van der Waals surface area (Å²) in [5.41, 5.74) is 0. The molecule has 0 radical (unpaired) electrons. The average Bonchev–Trinajstić information content (AvgIpc) is 2.38. The van der Waals surface area contributed by atoms with Crippen molar-refractivity contribution in [1.82, 2.24) is 0 Å². The maximum atomic E-state index is 12.3. The van der Waals surface area contributed by atoms with E-state index in [4.69, 9.17) is 9.47 Å². The van der Waals surface area contributed by atoms with E-state index in [1.165, 1.54) is 0 Å². The fourth-order valence-corrected chi connectivity index (χ4v) is 2.10. The summed E-state index contributed by atoms with van der Waals surface area (Å²) >= 11 is 0. The van der Waals surface area contributed by atoms with Gasteiger partial charge in [-0.1, -0.05) is 20.8 Å². The zero-order chi connectivity index (χ0) is 13.5. The highest BCUT2D eigenvalue weighted by atomic mass is 16.5. The molecule has 0 amide bonds. The van der Waals surface area contributed by atoms with Gasteiger partial charge in [-0.25, -0.2) is 0 Å². The second kappa shape index (κ2) is 7.52. The van der Waals surface area contributed by atoms with Crippen LogP contribution in [0.1, 0.15) is 40.0 Å². The maximum absolute atomic E-state index is 12.3. The molecule has 1 saturated heterocycles. The first kappa shape index (κ1) is 15.2. The number of carbonyl (C=O) groups is 2. The second-order valence-electron chi connectivity index (χ2n) is 5.27. The van der Waals surface area contributed by atoms with Crippen molar-refractivity contribution in [1.29, 1.82) is 0 Å². The van der Waals surface area contributed by atoms with Crippen molar-refractivity contribution in [3.8, 4) is 0 Å². The number of ketones is 1. The number of ether oxygens (including phenoxy) is 2. The summed E-state index contributed by atoms with van der Waals surface area (Å²) in [6, 6.07) is 0. The van der Waals surface area contributed by atoms with Gasteiger partial charge in [0.05, 0.1) is 6.61 Å². The standard InChI is InChI=1S/C14H24O4/c1-4-12(14(16)18-9-10(2)3)13(15)11-5-7-17-8-6-11/h10-12H,4-9H2,1-3H3. The number of Topliss-reactive ketones (excluding diaryl/α,β-unsaturated/α-hetero) is 1. The van der Waals surface area contributed by atoms with Gasteiger partial charge in [-0.05, 0) is 25.2 Å². The minimum absolute atomic E-state index is 0.0321. The van der Waals surface area contributed by atoms with Gasteiger partial charge in [0.15, 0.2) is 0 Å². The molecule has 1 atom stereocenters. The van der Waals surface area contributed by atoms with E-state index in [1.807, 2.05) is 20.8 Å². The Hall–Kier alpha value is -0.900. The smallest absolute Gasteiger partial charge is 0.316 e. The van der Waals surface area contributed by atoms with Gasteiger partial charge in [-0.3, -0.25) is 9.59 Å². The molecule has 1 aliphatic heterocycles. The summed E-state index contributed by atoms with van der Waals surface area (Å²) in [7, 11) is 0. The lowest BCUT2D eigenvalue weighted by Crippen LogP contribution is -2.34. The third kappa shape index (κ3) is 4.41. The minimum Gasteiger partial charge on any atom is -0.465 e. The first-order valence-electron chi connectivity index (χ1n) is 6.84. The Kier molecular flexibility index (Phi) is 6.33. The van der Waals surface area contributed by atoms with E-state index in [0.717, 1.165) is 12.8 Å².